The lowest BCUT2D eigenvalue weighted by Crippen LogP contribution is -2.39. The Hall–Kier alpha value is -3.76. The number of hydrogen-bond donors (Lipinski definition) is 1. The maximum Gasteiger partial charge on any atom is 0.332 e. The van der Waals surface area contributed by atoms with Crippen LogP contribution in [0.5, 0.6) is 5.75 Å². The molecule has 0 spiro atoms. The summed E-state index contributed by atoms with van der Waals surface area (Å²) >= 11 is 0. The Morgan fingerprint density at radius 3 is 2.64 bits per heavy atom. The molecule has 0 fully saturated rings. The molecule has 0 aliphatic carbocycles. The lowest BCUT2D eigenvalue weighted by atomic mass is 10.2. The number of aryl methyl sites for hydroxylation is 2. The van der Waals surface area contributed by atoms with Crippen LogP contribution in [-0.4, -0.2) is 45.9 Å². The molecule has 11 heteroatoms. The fourth-order valence-electron chi connectivity index (χ4n) is 2.99. The molecule has 0 unspecified atom stereocenters. The molecule has 11 nitrogen and oxygen atoms in total. The second-order valence-electron chi connectivity index (χ2n) is 6.29. The Morgan fingerprint density at radius 2 is 1.93 bits per heavy atom. The molecule has 1 N–H and O–H groups in total. The smallest absolute Gasteiger partial charge is 0.332 e. The third kappa shape index (κ3) is 3.06. The molecular weight excluding hydrogens is 364 g/mol. The van der Waals surface area contributed by atoms with Crippen molar-refractivity contribution in [1.82, 2.24) is 39.3 Å². The number of aromatic amines is 1. The third-order valence-corrected chi connectivity index (χ3v) is 4.45. The van der Waals surface area contributed by atoms with Crippen LogP contribution in [0.4, 0.5) is 0 Å². The highest BCUT2D eigenvalue weighted by molar-refractivity contribution is 5.69. The van der Waals surface area contributed by atoms with Crippen LogP contribution in [0.1, 0.15) is 6.42 Å². The number of nitrogens with one attached hydrogen (secondary N) is 1. The van der Waals surface area contributed by atoms with Crippen molar-refractivity contribution in [2.24, 2.45) is 14.1 Å². The monoisotopic (exact) mass is 382 g/mol. The van der Waals surface area contributed by atoms with Gasteiger partial charge in [-0.05, 0) is 35.9 Å². The van der Waals surface area contributed by atoms with E-state index in [1.165, 1.54) is 15.5 Å². The van der Waals surface area contributed by atoms with E-state index in [0.717, 1.165) is 5.56 Å². The maximum absolute atomic E-state index is 12.6. The molecule has 0 saturated carbocycles. The number of fused-ring (bicyclic) bond motifs is 1. The van der Waals surface area contributed by atoms with Gasteiger partial charge in [0.25, 0.3) is 5.56 Å². The van der Waals surface area contributed by atoms with Crippen LogP contribution in [-0.2, 0) is 20.6 Å². The Kier molecular flexibility index (Phi) is 4.47. The van der Waals surface area contributed by atoms with Gasteiger partial charge in [-0.25, -0.2) is 9.78 Å². The van der Waals surface area contributed by atoms with Gasteiger partial charge in [-0.2, -0.15) is 5.21 Å². The lowest BCUT2D eigenvalue weighted by Gasteiger charge is -2.10. The van der Waals surface area contributed by atoms with Gasteiger partial charge in [-0.15, -0.1) is 10.2 Å². The Morgan fingerprint density at radius 1 is 1.14 bits per heavy atom. The quantitative estimate of drug-likeness (QED) is 0.468. The van der Waals surface area contributed by atoms with E-state index < -0.39 is 0 Å². The average molecular weight is 382 g/mol. The molecule has 0 radical (unpaired) electrons. The van der Waals surface area contributed by atoms with Gasteiger partial charge < -0.3 is 9.30 Å². The Balaban J connectivity index is 1.42. The van der Waals surface area contributed by atoms with Crippen LogP contribution in [0.2, 0.25) is 0 Å². The van der Waals surface area contributed by atoms with E-state index in [1.807, 2.05) is 12.1 Å². The first-order valence-corrected chi connectivity index (χ1v) is 8.64. The van der Waals surface area contributed by atoms with E-state index in [-0.39, 0.29) is 17.8 Å². The predicted molar refractivity (Wildman–Crippen MR) is 99.9 cm³/mol. The van der Waals surface area contributed by atoms with E-state index in [2.05, 4.69) is 25.6 Å². The van der Waals surface area contributed by atoms with Crippen LogP contribution in [0.15, 0.2) is 40.2 Å². The van der Waals surface area contributed by atoms with E-state index in [4.69, 9.17) is 4.74 Å². The van der Waals surface area contributed by atoms with Gasteiger partial charge in [0.1, 0.15) is 5.75 Å². The third-order valence-electron chi connectivity index (χ3n) is 4.45. The van der Waals surface area contributed by atoms with Gasteiger partial charge in [-0.1, -0.05) is 0 Å². The lowest BCUT2D eigenvalue weighted by molar-refractivity contribution is 0.299. The molecule has 0 aliphatic rings. The fourth-order valence-corrected chi connectivity index (χ4v) is 2.99. The largest absolute Gasteiger partial charge is 0.494 e. The minimum atomic E-state index is -0.388. The molecule has 144 valence electrons. The molecule has 0 amide bonds. The van der Waals surface area contributed by atoms with E-state index in [0.29, 0.717) is 35.8 Å². The fraction of sp³-hybridized carbons (Fsp3) is 0.294. The molecule has 1 aromatic carbocycles. The number of nitrogens with zero attached hydrogens (tertiary/aromatic N) is 7. The topological polar surface area (TPSA) is 126 Å². The van der Waals surface area contributed by atoms with Gasteiger partial charge in [-0.3, -0.25) is 13.9 Å². The van der Waals surface area contributed by atoms with Crippen molar-refractivity contribution in [3.63, 3.8) is 0 Å². The Labute approximate surface area is 158 Å². The van der Waals surface area contributed by atoms with Gasteiger partial charge >= 0.3 is 5.69 Å². The zero-order valence-electron chi connectivity index (χ0n) is 15.4. The first kappa shape index (κ1) is 17.6. The zero-order valence-corrected chi connectivity index (χ0v) is 15.4. The Bertz CT molecular complexity index is 1220. The van der Waals surface area contributed by atoms with Gasteiger partial charge in [0.15, 0.2) is 11.2 Å². The van der Waals surface area contributed by atoms with Gasteiger partial charge in [0.05, 0.1) is 12.9 Å². The number of benzene rings is 1. The second kappa shape index (κ2) is 7.10. The van der Waals surface area contributed by atoms with Crippen molar-refractivity contribution in [2.45, 2.75) is 13.0 Å². The number of imidazole rings is 1. The average Bonchev–Trinajstić information content (AvgIpc) is 3.36. The van der Waals surface area contributed by atoms with E-state index in [1.54, 1.807) is 30.8 Å². The molecule has 4 aromatic rings. The van der Waals surface area contributed by atoms with Crippen LogP contribution < -0.4 is 16.0 Å². The molecule has 28 heavy (non-hydrogen) atoms. The van der Waals surface area contributed by atoms with Gasteiger partial charge in [0, 0.05) is 26.2 Å². The summed E-state index contributed by atoms with van der Waals surface area (Å²) in [6.45, 7) is 0.619. The normalized spacial score (nSPS) is 11.2. The summed E-state index contributed by atoms with van der Waals surface area (Å²) in [4.78, 5) is 29.2. The summed E-state index contributed by atoms with van der Waals surface area (Å²) in [5, 5.41) is 13.8. The van der Waals surface area contributed by atoms with Crippen molar-refractivity contribution in [3.8, 4) is 17.1 Å². The van der Waals surface area contributed by atoms with Crippen molar-refractivity contribution in [2.75, 3.05) is 6.61 Å². The predicted octanol–water partition coefficient (Wildman–Crippen LogP) is 0.0829. The van der Waals surface area contributed by atoms with Crippen LogP contribution in [0, 0.1) is 0 Å². The summed E-state index contributed by atoms with van der Waals surface area (Å²) in [5.74, 6) is 1.18. The van der Waals surface area contributed by atoms with Crippen molar-refractivity contribution in [3.05, 3.63) is 51.4 Å². The van der Waals surface area contributed by atoms with E-state index >= 15 is 0 Å². The first-order chi connectivity index (χ1) is 13.6. The highest BCUT2D eigenvalue weighted by Crippen LogP contribution is 2.18. The standard InChI is InChI=1S/C17H18N8O3/c1-23-10-18-15-13(23)16(26)25(17(27)24(15)2)8-3-9-28-12-6-4-11(5-7-12)14-19-21-22-20-14/h4-7,10H,3,8-9H2,1-2H3,(H,19,20,21,22). The zero-order chi connectivity index (χ0) is 19.7. The summed E-state index contributed by atoms with van der Waals surface area (Å²) in [6.07, 6.45) is 2.03. The minimum Gasteiger partial charge on any atom is -0.494 e. The molecule has 0 aliphatic heterocycles. The SMILES string of the molecule is Cn1cnc2c1c(=O)n(CCCOc1ccc(-c3nn[nH]n3)cc1)c(=O)n2C. The maximum atomic E-state index is 12.6. The van der Waals surface area contributed by atoms with Crippen LogP contribution >= 0.6 is 0 Å². The molecule has 0 atom stereocenters. The summed E-state index contributed by atoms with van der Waals surface area (Å²) < 4.78 is 9.92. The number of rotatable bonds is 6. The second-order valence-corrected chi connectivity index (χ2v) is 6.29. The van der Waals surface area contributed by atoms with Gasteiger partial charge in [0.2, 0.25) is 5.82 Å². The van der Waals surface area contributed by atoms with Crippen LogP contribution in [0.25, 0.3) is 22.6 Å². The summed E-state index contributed by atoms with van der Waals surface area (Å²) in [6, 6.07) is 7.27. The first-order valence-electron chi connectivity index (χ1n) is 8.64. The number of hydrogen-bond acceptors (Lipinski definition) is 7. The summed E-state index contributed by atoms with van der Waals surface area (Å²) in [7, 11) is 3.34. The molecule has 0 saturated heterocycles. The summed E-state index contributed by atoms with van der Waals surface area (Å²) in [5.41, 5.74) is 0.871. The van der Waals surface area contributed by atoms with Crippen LogP contribution in [0.3, 0.4) is 0 Å². The molecule has 3 heterocycles. The van der Waals surface area contributed by atoms with Crippen molar-refractivity contribution >= 4 is 11.2 Å². The molecular formula is C17H18N8O3. The highest BCUT2D eigenvalue weighted by Gasteiger charge is 2.14. The van der Waals surface area contributed by atoms with Crippen molar-refractivity contribution < 1.29 is 4.74 Å². The number of aromatic nitrogens is 8. The molecule has 0 bridgehead atoms. The number of H-pyrrole nitrogens is 1. The van der Waals surface area contributed by atoms with E-state index in [9.17, 15) is 9.59 Å². The number of tetrazole rings is 1. The van der Waals surface area contributed by atoms with Crippen molar-refractivity contribution in [1.29, 1.82) is 0 Å². The number of ether oxygens (including phenoxy) is 1. The highest BCUT2D eigenvalue weighted by atomic mass is 16.5. The molecule has 4 rings (SSSR count). The minimum absolute atomic E-state index is 0.258. The molecule has 3 aromatic heterocycles.